The summed E-state index contributed by atoms with van der Waals surface area (Å²) < 4.78 is 0. The van der Waals surface area contributed by atoms with Gasteiger partial charge in [0, 0.05) is 33.7 Å². The third-order valence-corrected chi connectivity index (χ3v) is 8.33. The first-order valence-electron chi connectivity index (χ1n) is 13.6. The first-order valence-corrected chi connectivity index (χ1v) is 14.0. The van der Waals surface area contributed by atoms with E-state index in [-0.39, 0.29) is 12.1 Å². The summed E-state index contributed by atoms with van der Waals surface area (Å²) in [6.07, 6.45) is 14.1. The Balaban J connectivity index is 1.29. The molecule has 0 saturated heterocycles. The fourth-order valence-corrected chi connectivity index (χ4v) is 6.37. The molecule has 6 rings (SSSR count). The molecule has 0 spiro atoms. The lowest BCUT2D eigenvalue weighted by Gasteiger charge is -2.39. The zero-order valence-corrected chi connectivity index (χ0v) is 21.6. The average Bonchev–Trinajstić information content (AvgIpc) is 3.20. The molecular formula is C29H35ClN6. The van der Waals surface area contributed by atoms with Crippen LogP contribution < -0.4 is 15.5 Å². The highest BCUT2D eigenvalue weighted by Gasteiger charge is 2.31. The van der Waals surface area contributed by atoms with Crippen molar-refractivity contribution < 1.29 is 0 Å². The lowest BCUT2D eigenvalue weighted by atomic mass is 9.90. The van der Waals surface area contributed by atoms with Gasteiger partial charge in [-0.3, -0.25) is 4.99 Å². The van der Waals surface area contributed by atoms with Crippen LogP contribution in [0.1, 0.15) is 69.8 Å². The van der Waals surface area contributed by atoms with Gasteiger partial charge in [-0.05, 0) is 56.0 Å². The minimum atomic E-state index is 0.172. The quantitative estimate of drug-likeness (QED) is 0.396. The van der Waals surface area contributed by atoms with E-state index in [0.717, 1.165) is 52.7 Å². The Morgan fingerprint density at radius 2 is 1.72 bits per heavy atom. The summed E-state index contributed by atoms with van der Waals surface area (Å²) in [5, 5.41) is 9.26. The van der Waals surface area contributed by atoms with Crippen LogP contribution in [0, 0.1) is 0 Å². The van der Waals surface area contributed by atoms with E-state index in [2.05, 4.69) is 43.7 Å². The van der Waals surface area contributed by atoms with Gasteiger partial charge >= 0.3 is 0 Å². The van der Waals surface area contributed by atoms with Gasteiger partial charge in [-0.15, -0.1) is 0 Å². The molecule has 3 aliphatic rings. The third kappa shape index (κ3) is 4.88. The van der Waals surface area contributed by atoms with Crippen LogP contribution in [0.5, 0.6) is 0 Å². The smallest absolute Gasteiger partial charge is 0.137 e. The van der Waals surface area contributed by atoms with E-state index in [1.54, 1.807) is 6.33 Å². The summed E-state index contributed by atoms with van der Waals surface area (Å²) in [7, 11) is 0. The molecule has 6 nitrogen and oxygen atoms in total. The molecule has 1 aromatic heterocycles. The van der Waals surface area contributed by atoms with Crippen molar-refractivity contribution in [2.75, 3.05) is 16.9 Å². The molecular weight excluding hydrogens is 468 g/mol. The maximum Gasteiger partial charge on any atom is 0.137 e. The van der Waals surface area contributed by atoms with Gasteiger partial charge in [-0.1, -0.05) is 62.3 Å². The number of hydrogen-bond donors (Lipinski definition) is 2. The van der Waals surface area contributed by atoms with Crippen molar-refractivity contribution in [3.63, 3.8) is 0 Å². The van der Waals surface area contributed by atoms with E-state index in [1.165, 1.54) is 57.1 Å². The van der Waals surface area contributed by atoms with Crippen molar-refractivity contribution >= 4 is 39.8 Å². The Hall–Kier alpha value is -2.86. The van der Waals surface area contributed by atoms with Crippen molar-refractivity contribution in [3.8, 4) is 0 Å². The van der Waals surface area contributed by atoms with E-state index >= 15 is 0 Å². The number of nitrogens with zero attached hydrogens (tertiary/aromatic N) is 4. The molecule has 1 aliphatic heterocycles. The maximum atomic E-state index is 6.51. The fraction of sp³-hybridized carbons (Fsp3) is 0.483. The molecule has 2 heterocycles. The highest BCUT2D eigenvalue weighted by atomic mass is 35.5. The Morgan fingerprint density at radius 3 is 2.61 bits per heavy atom. The van der Waals surface area contributed by atoms with Crippen LogP contribution in [0.3, 0.4) is 0 Å². The third-order valence-electron chi connectivity index (χ3n) is 8.09. The van der Waals surface area contributed by atoms with Crippen LogP contribution in [0.15, 0.2) is 53.8 Å². The van der Waals surface area contributed by atoms with Crippen molar-refractivity contribution in [2.24, 2.45) is 4.99 Å². The van der Waals surface area contributed by atoms with Gasteiger partial charge < -0.3 is 15.5 Å². The number of hydrogen-bond acceptors (Lipinski definition) is 5. The number of rotatable bonds is 4. The Kier molecular flexibility index (Phi) is 6.95. The Labute approximate surface area is 218 Å². The second-order valence-electron chi connectivity index (χ2n) is 10.4. The number of anilines is 2. The number of fused-ring (bicyclic) bond motifs is 2. The van der Waals surface area contributed by atoms with E-state index in [1.807, 2.05) is 24.3 Å². The highest BCUT2D eigenvalue weighted by Crippen LogP contribution is 2.34. The predicted octanol–water partition coefficient (Wildman–Crippen LogP) is 6.54. The SMILES string of the molecule is Clc1ccc2c(c1)C(=N[C@H]1CCCC[C@H]1Nc1ncnc3ccccc13)NCN2C1CCCCCC1. The molecule has 2 aromatic carbocycles. The number of benzene rings is 2. The summed E-state index contributed by atoms with van der Waals surface area (Å²) in [5.74, 6) is 1.88. The minimum absolute atomic E-state index is 0.172. The topological polar surface area (TPSA) is 65.4 Å². The number of para-hydroxylation sites is 1. The molecule has 7 heteroatoms. The van der Waals surface area contributed by atoms with E-state index in [0.29, 0.717) is 6.04 Å². The van der Waals surface area contributed by atoms with Crippen LogP contribution in [0.4, 0.5) is 11.5 Å². The molecule has 0 unspecified atom stereocenters. The second-order valence-corrected chi connectivity index (χ2v) is 10.9. The molecule has 2 fully saturated rings. The van der Waals surface area contributed by atoms with Crippen molar-refractivity contribution in [3.05, 3.63) is 59.4 Å². The summed E-state index contributed by atoms with van der Waals surface area (Å²) in [5.41, 5.74) is 3.37. The van der Waals surface area contributed by atoms with Crippen LogP contribution in [0.2, 0.25) is 5.02 Å². The lowest BCUT2D eigenvalue weighted by Crippen LogP contribution is -2.49. The second kappa shape index (κ2) is 10.6. The number of aliphatic imine (C=N–C) groups is 1. The van der Waals surface area contributed by atoms with Gasteiger partial charge in [0.05, 0.1) is 18.2 Å². The summed E-state index contributed by atoms with van der Waals surface area (Å²) >= 11 is 6.51. The van der Waals surface area contributed by atoms with Gasteiger partial charge in [0.1, 0.15) is 18.0 Å². The number of aromatic nitrogens is 2. The van der Waals surface area contributed by atoms with Gasteiger partial charge in [0.15, 0.2) is 0 Å². The molecule has 2 N–H and O–H groups in total. The van der Waals surface area contributed by atoms with E-state index < -0.39 is 0 Å². The van der Waals surface area contributed by atoms with Crippen LogP contribution in [0.25, 0.3) is 10.9 Å². The van der Waals surface area contributed by atoms with Crippen LogP contribution >= 0.6 is 11.6 Å². The van der Waals surface area contributed by atoms with Gasteiger partial charge in [0.25, 0.3) is 0 Å². The summed E-state index contributed by atoms with van der Waals surface area (Å²) in [6.45, 7) is 0.805. The van der Waals surface area contributed by atoms with Gasteiger partial charge in [0.2, 0.25) is 0 Å². The molecule has 188 valence electrons. The van der Waals surface area contributed by atoms with Crippen molar-refractivity contribution in [1.82, 2.24) is 15.3 Å². The molecule has 0 bridgehead atoms. The van der Waals surface area contributed by atoms with Crippen molar-refractivity contribution in [1.29, 1.82) is 0 Å². The molecule has 3 aromatic rings. The largest absolute Gasteiger partial charge is 0.365 e. The minimum Gasteiger partial charge on any atom is -0.365 e. The highest BCUT2D eigenvalue weighted by molar-refractivity contribution is 6.31. The molecule has 2 atom stereocenters. The lowest BCUT2D eigenvalue weighted by molar-refractivity contribution is 0.404. The van der Waals surface area contributed by atoms with Gasteiger partial charge in [-0.25, -0.2) is 9.97 Å². The first kappa shape index (κ1) is 23.5. The molecule has 2 saturated carbocycles. The van der Waals surface area contributed by atoms with Crippen LogP contribution in [-0.2, 0) is 0 Å². The summed E-state index contributed by atoms with van der Waals surface area (Å²) in [6, 6.07) is 15.5. The molecule has 0 radical (unpaired) electrons. The zero-order chi connectivity index (χ0) is 24.3. The van der Waals surface area contributed by atoms with Crippen LogP contribution in [-0.4, -0.2) is 40.6 Å². The number of nitrogens with one attached hydrogen (secondary N) is 2. The van der Waals surface area contributed by atoms with E-state index in [9.17, 15) is 0 Å². The van der Waals surface area contributed by atoms with E-state index in [4.69, 9.17) is 16.6 Å². The number of halogens is 1. The van der Waals surface area contributed by atoms with Gasteiger partial charge in [-0.2, -0.15) is 0 Å². The van der Waals surface area contributed by atoms with Crippen molar-refractivity contribution in [2.45, 2.75) is 82.3 Å². The normalized spacial score (nSPS) is 24.2. The summed E-state index contributed by atoms with van der Waals surface area (Å²) in [4.78, 5) is 16.9. The average molecular weight is 503 g/mol. The number of amidine groups is 1. The Bertz CT molecular complexity index is 1230. The fourth-order valence-electron chi connectivity index (χ4n) is 6.19. The zero-order valence-electron chi connectivity index (χ0n) is 20.8. The monoisotopic (exact) mass is 502 g/mol. The molecule has 2 aliphatic carbocycles. The maximum absolute atomic E-state index is 6.51. The molecule has 0 amide bonds. The predicted molar refractivity (Wildman–Crippen MR) is 149 cm³/mol. The standard InChI is InChI=1S/C29H35ClN6/c30-20-15-16-27-23(17-20)29(33-19-36(27)21-9-3-1-2-4-10-21)35-26-14-8-7-13-25(26)34-28-22-11-5-6-12-24(22)31-18-32-28/h5-6,11-12,15-18,21,25-26H,1-4,7-10,13-14,19H2,(H,33,35)(H,31,32,34)/t25-,26+/m1/s1. The molecule has 36 heavy (non-hydrogen) atoms. The Morgan fingerprint density at radius 1 is 0.917 bits per heavy atom. The first-order chi connectivity index (χ1) is 17.8.